The standard InChI is InChI=1S/C32H22N4.2C31H20N4O.C26H18N4/c1-21-9-8-10-22(19-21)34-27-13-4-2-11-24(27)25-20-23(17-18-28(25)34)35-30-15-6-7-16-31(30)36-29-14-5-3-12-26(29)33-32(35)36;1-19-15-21(20-12-13-29-24(18-20)23-7-6-14-32-30(23)36-29)17-22(16-19)34-27-10-4-5-11-28(27)35-26-9-3-2-8-25(26)33-31(34)35;1-19-14-21(20-10-11-29-24(17-20)23-12-13-32-18-30(23)36-29)16-22(15-19)34-27-8-4-5-9-28(27)35-26-7-3-2-6-25(26)33-31(34)35;1-28-21-10-4-2-8-18(21)19-16-17(14-15-22(19)28)29-24-12-6-7-13-25(24)30-23-11-5-3-9-20(23)27-26(29)30/h2-20H,1H3;2*2-18H,1H3;2-16H,1H3. The largest absolute Gasteiger partial charge is 0.454 e. The maximum Gasteiger partial charge on any atom is 0.227 e. The van der Waals surface area contributed by atoms with E-state index in [2.05, 4.69) is 435 Å². The van der Waals surface area contributed by atoms with Gasteiger partial charge in [-0.2, -0.15) is 0 Å². The number of fused-ring (bicyclic) bond motifs is 32. The van der Waals surface area contributed by atoms with E-state index in [0.717, 1.165) is 189 Å². The fourth-order valence-corrected chi connectivity index (χ4v) is 21.6. The fourth-order valence-electron chi connectivity index (χ4n) is 21.6. The van der Waals surface area contributed by atoms with Crippen molar-refractivity contribution in [2.45, 2.75) is 20.8 Å². The molecule has 0 aliphatic carbocycles. The predicted molar refractivity (Wildman–Crippen MR) is 562 cm³/mol. The van der Waals surface area contributed by atoms with Crippen LogP contribution in [0.3, 0.4) is 0 Å². The molecule has 0 saturated heterocycles. The molecule has 0 saturated carbocycles. The Kier molecular flexibility index (Phi) is 17.2. The van der Waals surface area contributed by atoms with Gasteiger partial charge in [-0.3, -0.25) is 40.9 Å². The number of benzene rings is 17. The highest BCUT2D eigenvalue weighted by Crippen LogP contribution is 2.43. The Morgan fingerprint density at radius 3 is 1.07 bits per heavy atom. The van der Waals surface area contributed by atoms with Crippen molar-refractivity contribution in [3.63, 3.8) is 0 Å². The van der Waals surface area contributed by atoms with Crippen LogP contribution in [0, 0.1) is 20.8 Å². The molecule has 652 valence electrons. The van der Waals surface area contributed by atoms with Gasteiger partial charge in [-0.05, 0) is 284 Å². The van der Waals surface area contributed by atoms with Crippen molar-refractivity contribution in [3.8, 4) is 50.7 Å². The van der Waals surface area contributed by atoms with E-state index in [9.17, 15) is 0 Å². The Bertz CT molecular complexity index is 10200. The molecule has 0 amide bonds. The van der Waals surface area contributed by atoms with Crippen molar-refractivity contribution in [1.29, 1.82) is 0 Å². The maximum absolute atomic E-state index is 6.00. The van der Waals surface area contributed by atoms with Crippen LogP contribution in [0.2, 0.25) is 0 Å². The summed E-state index contributed by atoms with van der Waals surface area (Å²) in [6.07, 6.45) is 5.35. The fraction of sp³-hybridized carbons (Fsp3) is 0.0333. The summed E-state index contributed by atoms with van der Waals surface area (Å²) >= 11 is 0. The van der Waals surface area contributed by atoms with Crippen molar-refractivity contribution in [2.24, 2.45) is 7.05 Å². The number of imidazole rings is 8. The summed E-state index contributed by atoms with van der Waals surface area (Å²) in [6, 6.07) is 139. The molecule has 14 aromatic heterocycles. The summed E-state index contributed by atoms with van der Waals surface area (Å²) in [6.45, 7) is 6.44. The number of aromatic nitrogens is 16. The van der Waals surface area contributed by atoms with E-state index in [-0.39, 0.29) is 0 Å². The van der Waals surface area contributed by atoms with Crippen molar-refractivity contribution in [2.75, 3.05) is 0 Å². The number of furan rings is 2. The SMILES string of the molecule is Cc1cc(-c2ccc3oc4cnccc4c3c2)cc(-n2c3ccccc3n3c4ccccc4nc23)c1.Cc1cc(-c2ccc3oc4ncccc4c3c2)cc(-n2c3ccccc3n3c4ccccc4nc23)c1.Cc1cccc(-n2c3ccccc3c3cc(-n4c5ccccc5n5c6ccccc6nc45)ccc32)c1.Cn1c2ccccc2c2cc(-n3c4ccccc4n4c5ccccc5nc34)ccc21. The van der Waals surface area contributed by atoms with E-state index in [1.54, 1.807) is 12.4 Å². The highest BCUT2D eigenvalue weighted by atomic mass is 16.3. The smallest absolute Gasteiger partial charge is 0.227 e. The minimum Gasteiger partial charge on any atom is -0.454 e. The topological polar surface area (TPSA) is 151 Å². The van der Waals surface area contributed by atoms with Crippen LogP contribution >= 0.6 is 0 Å². The number of hydrogen-bond donors (Lipinski definition) is 0. The van der Waals surface area contributed by atoms with Crippen molar-refractivity contribution >= 4 is 199 Å². The van der Waals surface area contributed by atoms with Gasteiger partial charge in [0.15, 0.2) is 5.58 Å². The first kappa shape index (κ1) is 78.0. The molecule has 0 aliphatic heterocycles. The summed E-state index contributed by atoms with van der Waals surface area (Å²) in [5.41, 5.74) is 39.6. The molecule has 31 aromatic rings. The zero-order valence-electron chi connectivity index (χ0n) is 75.2. The lowest BCUT2D eigenvalue weighted by molar-refractivity contribution is 0.654. The van der Waals surface area contributed by atoms with Crippen LogP contribution < -0.4 is 0 Å². The first-order chi connectivity index (χ1) is 68.1. The summed E-state index contributed by atoms with van der Waals surface area (Å²) in [7, 11) is 2.13. The molecule has 0 bridgehead atoms. The molecule has 31 rings (SSSR count). The third kappa shape index (κ3) is 12.0. The van der Waals surface area contributed by atoms with Crippen molar-refractivity contribution in [3.05, 3.63) is 430 Å². The van der Waals surface area contributed by atoms with Crippen LogP contribution in [0.15, 0.2) is 422 Å². The Hall–Kier alpha value is -18.7. The van der Waals surface area contributed by atoms with Crippen LogP contribution in [-0.2, 0) is 7.05 Å². The van der Waals surface area contributed by atoms with Gasteiger partial charge >= 0.3 is 0 Å². The number of pyridine rings is 2. The molecule has 18 heteroatoms. The van der Waals surface area contributed by atoms with Gasteiger partial charge in [0.25, 0.3) is 0 Å². The molecule has 0 unspecified atom stereocenters. The van der Waals surface area contributed by atoms with Crippen LogP contribution in [0.4, 0.5) is 0 Å². The Labute approximate surface area is 785 Å². The van der Waals surface area contributed by atoms with Crippen molar-refractivity contribution in [1.82, 2.24) is 74.9 Å². The second-order valence-corrected chi connectivity index (χ2v) is 35.9. The average Bonchev–Trinajstić information content (AvgIpc) is 1.57. The van der Waals surface area contributed by atoms with Gasteiger partial charge in [0.1, 0.15) is 11.2 Å². The normalized spacial score (nSPS) is 12.1. The van der Waals surface area contributed by atoms with E-state index in [0.29, 0.717) is 5.71 Å². The summed E-state index contributed by atoms with van der Waals surface area (Å²) < 4.78 is 34.7. The predicted octanol–water partition coefficient (Wildman–Crippen LogP) is 29.3. The Balaban J connectivity index is 0.0000000909. The molecule has 0 aliphatic rings. The van der Waals surface area contributed by atoms with Crippen LogP contribution in [0.1, 0.15) is 16.7 Å². The zero-order valence-corrected chi connectivity index (χ0v) is 75.2. The summed E-state index contributed by atoms with van der Waals surface area (Å²) in [5, 5.41) is 9.30. The number of aryl methyl sites for hydroxylation is 4. The molecule has 18 nitrogen and oxygen atoms in total. The quantitative estimate of drug-likeness (QED) is 0.153. The molecule has 0 N–H and O–H groups in total. The molecule has 0 spiro atoms. The number of hydrogen-bond acceptors (Lipinski definition) is 8. The molecule has 0 radical (unpaired) electrons. The molecular formula is C120H80N16O2. The van der Waals surface area contributed by atoms with Crippen LogP contribution in [0.25, 0.3) is 250 Å². The van der Waals surface area contributed by atoms with Crippen molar-refractivity contribution < 1.29 is 8.83 Å². The highest BCUT2D eigenvalue weighted by Gasteiger charge is 2.26. The summed E-state index contributed by atoms with van der Waals surface area (Å²) in [4.78, 5) is 28.7. The lowest BCUT2D eigenvalue weighted by Gasteiger charge is -2.11. The first-order valence-electron chi connectivity index (χ1n) is 46.4. The van der Waals surface area contributed by atoms with Gasteiger partial charge in [-0.1, -0.05) is 170 Å². The third-order valence-electron chi connectivity index (χ3n) is 27.6. The number of rotatable bonds is 7. The average molecular weight is 1780 g/mol. The monoisotopic (exact) mass is 1780 g/mol. The van der Waals surface area contributed by atoms with Gasteiger partial charge in [0.05, 0.1) is 117 Å². The van der Waals surface area contributed by atoms with E-state index in [4.69, 9.17) is 28.8 Å². The Morgan fingerprint density at radius 2 is 0.580 bits per heavy atom. The molecule has 14 heterocycles. The first-order valence-corrected chi connectivity index (χ1v) is 46.4. The van der Waals surface area contributed by atoms with Gasteiger partial charge < -0.3 is 18.0 Å². The molecular weight excluding hydrogens is 1700 g/mol. The Morgan fingerprint density at radius 1 is 0.210 bits per heavy atom. The highest BCUT2D eigenvalue weighted by molar-refractivity contribution is 6.13. The second-order valence-electron chi connectivity index (χ2n) is 35.9. The van der Waals surface area contributed by atoms with Gasteiger partial charge in [-0.25, -0.2) is 24.9 Å². The van der Waals surface area contributed by atoms with E-state index < -0.39 is 0 Å². The molecule has 0 fully saturated rings. The minimum absolute atomic E-state index is 0.669. The second kappa shape index (κ2) is 30.4. The molecule has 0 atom stereocenters. The van der Waals surface area contributed by atoms with E-state index in [1.165, 1.54) is 71.5 Å². The van der Waals surface area contributed by atoms with Crippen LogP contribution in [0.5, 0.6) is 0 Å². The lowest BCUT2D eigenvalue weighted by atomic mass is 10.0. The van der Waals surface area contributed by atoms with Gasteiger partial charge in [0.2, 0.25) is 28.8 Å². The number of nitrogens with zero attached hydrogens (tertiary/aromatic N) is 16. The van der Waals surface area contributed by atoms with Gasteiger partial charge in [0, 0.05) is 90.6 Å². The van der Waals surface area contributed by atoms with E-state index in [1.807, 2.05) is 48.7 Å². The molecule has 138 heavy (non-hydrogen) atoms. The van der Waals surface area contributed by atoms with Crippen LogP contribution in [-0.4, -0.2) is 74.9 Å². The summed E-state index contributed by atoms with van der Waals surface area (Å²) in [5.74, 6) is 3.70. The molecule has 17 aromatic carbocycles. The van der Waals surface area contributed by atoms with Gasteiger partial charge in [-0.15, -0.1) is 0 Å². The lowest BCUT2D eigenvalue weighted by Crippen LogP contribution is -1.96. The van der Waals surface area contributed by atoms with E-state index >= 15 is 0 Å². The number of para-hydroxylation sites is 18. The third-order valence-corrected chi connectivity index (χ3v) is 27.6. The minimum atomic E-state index is 0.669. The maximum atomic E-state index is 6.00. The zero-order chi connectivity index (χ0) is 91.2.